The summed E-state index contributed by atoms with van der Waals surface area (Å²) in [5.41, 5.74) is 5.51. The smallest absolute Gasteiger partial charge is 0.293 e. The Morgan fingerprint density at radius 2 is 2.28 bits per heavy atom. The van der Waals surface area contributed by atoms with Crippen LogP contribution in [0.1, 0.15) is 10.6 Å². The maximum Gasteiger partial charge on any atom is 0.293 e. The lowest BCUT2D eigenvalue weighted by Crippen LogP contribution is -2.14. The monoisotopic (exact) mass is 333 g/mol. The van der Waals surface area contributed by atoms with Crippen molar-refractivity contribution in [3.05, 3.63) is 33.3 Å². The van der Waals surface area contributed by atoms with E-state index in [1.54, 1.807) is 0 Å². The average Bonchev–Trinajstić information content (AvgIpc) is 2.70. The van der Waals surface area contributed by atoms with Gasteiger partial charge in [0.2, 0.25) is 11.8 Å². The molecule has 0 aliphatic carbocycles. The number of rotatable bonds is 2. The molecule has 0 aliphatic heterocycles. The van der Waals surface area contributed by atoms with Gasteiger partial charge in [0.1, 0.15) is 5.82 Å². The van der Waals surface area contributed by atoms with E-state index in [1.165, 1.54) is 6.07 Å². The van der Waals surface area contributed by atoms with Crippen LogP contribution in [0.4, 0.5) is 16.0 Å². The minimum Gasteiger partial charge on any atom is -0.366 e. The third-order valence-corrected chi connectivity index (χ3v) is 2.89. The van der Waals surface area contributed by atoms with Crippen molar-refractivity contribution in [2.45, 2.75) is 0 Å². The van der Waals surface area contributed by atoms with Gasteiger partial charge in [-0.1, -0.05) is 11.6 Å². The molecular weight excluding hydrogens is 328 g/mol. The van der Waals surface area contributed by atoms with Crippen LogP contribution in [0.15, 0.2) is 16.6 Å². The molecule has 0 atom stereocenters. The van der Waals surface area contributed by atoms with Crippen molar-refractivity contribution in [3.63, 3.8) is 0 Å². The molecule has 0 unspecified atom stereocenters. The highest BCUT2D eigenvalue weighted by molar-refractivity contribution is 9.10. The van der Waals surface area contributed by atoms with E-state index in [0.717, 1.165) is 6.07 Å². The first-order valence-electron chi connectivity index (χ1n) is 4.61. The zero-order valence-corrected chi connectivity index (χ0v) is 11.0. The van der Waals surface area contributed by atoms with Crippen molar-refractivity contribution in [1.82, 2.24) is 15.2 Å². The van der Waals surface area contributed by atoms with Gasteiger partial charge in [0.15, 0.2) is 0 Å². The summed E-state index contributed by atoms with van der Waals surface area (Å²) in [5.74, 6) is -1.23. The van der Waals surface area contributed by atoms with E-state index in [2.05, 4.69) is 36.4 Å². The fourth-order valence-corrected chi connectivity index (χ4v) is 2.11. The number of nitrogens with one attached hydrogen (secondary N) is 2. The van der Waals surface area contributed by atoms with Gasteiger partial charge in [0, 0.05) is 4.47 Å². The summed E-state index contributed by atoms with van der Waals surface area (Å²) in [6.07, 6.45) is 0. The van der Waals surface area contributed by atoms with Gasteiger partial charge in [-0.05, 0) is 28.1 Å². The second-order valence-electron chi connectivity index (χ2n) is 3.24. The number of H-pyrrole nitrogens is 1. The summed E-state index contributed by atoms with van der Waals surface area (Å²) in [5, 5.41) is 8.38. The Hall–Kier alpha value is -1.67. The molecule has 0 saturated carbocycles. The summed E-state index contributed by atoms with van der Waals surface area (Å²) >= 11 is 8.91. The van der Waals surface area contributed by atoms with Gasteiger partial charge in [0.25, 0.3) is 5.91 Å². The summed E-state index contributed by atoms with van der Waals surface area (Å²) in [6.45, 7) is 0. The van der Waals surface area contributed by atoms with Crippen molar-refractivity contribution >= 4 is 45.1 Å². The summed E-state index contributed by atoms with van der Waals surface area (Å²) in [4.78, 5) is 15.4. The highest BCUT2D eigenvalue weighted by atomic mass is 79.9. The van der Waals surface area contributed by atoms with Gasteiger partial charge in [-0.2, -0.15) is 4.98 Å². The van der Waals surface area contributed by atoms with Gasteiger partial charge in [-0.15, -0.1) is 5.10 Å². The molecule has 1 aromatic carbocycles. The maximum atomic E-state index is 13.0. The van der Waals surface area contributed by atoms with Crippen molar-refractivity contribution in [1.29, 1.82) is 0 Å². The second kappa shape index (κ2) is 4.91. The summed E-state index contributed by atoms with van der Waals surface area (Å²) in [7, 11) is 0. The van der Waals surface area contributed by atoms with Crippen LogP contribution in [-0.4, -0.2) is 21.1 Å². The Balaban J connectivity index is 2.27. The minimum atomic E-state index is -0.589. The molecule has 0 fully saturated rings. The predicted octanol–water partition coefficient (Wildman–Crippen LogP) is 2.19. The van der Waals surface area contributed by atoms with Crippen molar-refractivity contribution in [2.24, 2.45) is 0 Å². The van der Waals surface area contributed by atoms with Crippen molar-refractivity contribution < 1.29 is 9.18 Å². The number of anilines is 2. The maximum absolute atomic E-state index is 13.0. The fraction of sp³-hybridized carbons (Fsp3) is 0. The van der Waals surface area contributed by atoms with Gasteiger partial charge in [-0.3, -0.25) is 9.89 Å². The van der Waals surface area contributed by atoms with E-state index in [9.17, 15) is 9.18 Å². The predicted molar refractivity (Wildman–Crippen MR) is 67.9 cm³/mol. The number of benzene rings is 1. The van der Waals surface area contributed by atoms with Crippen molar-refractivity contribution in [2.75, 3.05) is 11.1 Å². The number of halogens is 3. The molecule has 94 valence electrons. The molecule has 9 heteroatoms. The number of aromatic amines is 1. The highest BCUT2D eigenvalue weighted by Crippen LogP contribution is 2.31. The van der Waals surface area contributed by atoms with E-state index in [-0.39, 0.29) is 22.5 Å². The summed E-state index contributed by atoms with van der Waals surface area (Å²) < 4.78 is 13.3. The first-order chi connectivity index (χ1) is 8.47. The molecule has 0 radical (unpaired) electrons. The molecule has 0 spiro atoms. The number of nitrogens with zero attached hydrogens (tertiary/aromatic N) is 2. The molecule has 1 amide bonds. The van der Waals surface area contributed by atoms with Gasteiger partial charge in [-0.25, -0.2) is 4.39 Å². The second-order valence-corrected chi connectivity index (χ2v) is 4.50. The number of aromatic nitrogens is 3. The number of hydrogen-bond acceptors (Lipinski definition) is 4. The Kier molecular flexibility index (Phi) is 3.48. The van der Waals surface area contributed by atoms with Crippen LogP contribution in [0.5, 0.6) is 0 Å². The van der Waals surface area contributed by atoms with Crippen LogP contribution in [-0.2, 0) is 0 Å². The van der Waals surface area contributed by atoms with E-state index in [4.69, 9.17) is 17.3 Å². The molecular formula is C9H6BrClFN5O. The molecule has 6 nitrogen and oxygen atoms in total. The van der Waals surface area contributed by atoms with E-state index >= 15 is 0 Å². The lowest BCUT2D eigenvalue weighted by molar-refractivity contribution is 0.101. The van der Waals surface area contributed by atoms with Crippen LogP contribution < -0.4 is 11.1 Å². The molecule has 18 heavy (non-hydrogen) atoms. The standard InChI is InChI=1S/C9H6BrClFN5O/c10-4-1-3(12)2-5(11)6(4)14-8(18)7-15-9(13)17-16-7/h1-2H,(H,14,18)(H3,13,15,16,17). The molecule has 2 rings (SSSR count). The van der Waals surface area contributed by atoms with Crippen LogP contribution in [0, 0.1) is 5.82 Å². The number of carbonyl (C=O) groups is 1. The quantitative estimate of drug-likeness (QED) is 0.784. The fourth-order valence-electron chi connectivity index (χ4n) is 1.21. The molecule has 0 aliphatic rings. The first-order valence-corrected chi connectivity index (χ1v) is 5.78. The third kappa shape index (κ3) is 2.59. The molecule has 2 aromatic rings. The zero-order valence-electron chi connectivity index (χ0n) is 8.67. The Morgan fingerprint density at radius 1 is 1.56 bits per heavy atom. The molecule has 1 heterocycles. The SMILES string of the molecule is Nc1n[nH]c(C(=O)Nc2c(Cl)cc(F)cc2Br)n1. The zero-order chi connectivity index (χ0) is 13.3. The van der Waals surface area contributed by atoms with Crippen LogP contribution in [0.25, 0.3) is 0 Å². The largest absolute Gasteiger partial charge is 0.366 e. The number of carbonyl (C=O) groups excluding carboxylic acids is 1. The van der Waals surface area contributed by atoms with Gasteiger partial charge < -0.3 is 11.1 Å². The van der Waals surface area contributed by atoms with E-state index in [0.29, 0.717) is 4.47 Å². The molecule has 1 aromatic heterocycles. The molecule has 0 bridgehead atoms. The van der Waals surface area contributed by atoms with Gasteiger partial charge in [0.05, 0.1) is 10.7 Å². The number of hydrogen-bond donors (Lipinski definition) is 3. The Labute approximate surface area is 114 Å². The molecule has 0 saturated heterocycles. The Bertz CT molecular complexity index is 594. The minimum absolute atomic E-state index is 0.0515. The lowest BCUT2D eigenvalue weighted by atomic mass is 10.3. The number of nitrogen functional groups attached to an aromatic ring is 1. The summed E-state index contributed by atoms with van der Waals surface area (Å²) in [6, 6.07) is 2.26. The van der Waals surface area contributed by atoms with Crippen molar-refractivity contribution in [3.8, 4) is 0 Å². The van der Waals surface area contributed by atoms with Gasteiger partial charge >= 0.3 is 0 Å². The average molecular weight is 335 g/mol. The van der Waals surface area contributed by atoms with E-state index in [1.807, 2.05) is 0 Å². The number of amides is 1. The molecule has 4 N–H and O–H groups in total. The third-order valence-electron chi connectivity index (χ3n) is 1.96. The van der Waals surface area contributed by atoms with Crippen LogP contribution in [0.2, 0.25) is 5.02 Å². The topological polar surface area (TPSA) is 96.7 Å². The van der Waals surface area contributed by atoms with Crippen LogP contribution in [0.3, 0.4) is 0 Å². The van der Waals surface area contributed by atoms with Crippen LogP contribution >= 0.6 is 27.5 Å². The first kappa shape index (κ1) is 12.8. The number of nitrogens with two attached hydrogens (primary N) is 1. The normalized spacial score (nSPS) is 10.4. The van der Waals surface area contributed by atoms with E-state index < -0.39 is 11.7 Å². The Morgan fingerprint density at radius 3 is 2.83 bits per heavy atom. The lowest BCUT2D eigenvalue weighted by Gasteiger charge is -2.08. The highest BCUT2D eigenvalue weighted by Gasteiger charge is 2.15.